The highest BCUT2D eigenvalue weighted by atomic mass is 32.2. The first-order valence-electron chi connectivity index (χ1n) is 13.2. The van der Waals surface area contributed by atoms with Gasteiger partial charge in [0.05, 0.1) is 11.3 Å². The number of halogens is 1. The van der Waals surface area contributed by atoms with Gasteiger partial charge in [-0.15, -0.1) is 10.2 Å². The van der Waals surface area contributed by atoms with Gasteiger partial charge in [0.1, 0.15) is 5.82 Å². The summed E-state index contributed by atoms with van der Waals surface area (Å²) in [6, 6.07) is 27.5. The fourth-order valence-electron chi connectivity index (χ4n) is 4.84. The Morgan fingerprint density at radius 2 is 1.59 bits per heavy atom. The number of rotatable bonds is 7. The van der Waals surface area contributed by atoms with Crippen molar-refractivity contribution in [2.45, 2.75) is 5.22 Å². The van der Waals surface area contributed by atoms with E-state index in [1.807, 2.05) is 66.7 Å². The first-order chi connectivity index (χ1) is 20.0. The van der Waals surface area contributed by atoms with E-state index in [1.54, 1.807) is 17.0 Å². The van der Waals surface area contributed by atoms with E-state index in [0.29, 0.717) is 43.0 Å². The van der Waals surface area contributed by atoms with Crippen LogP contribution in [0.3, 0.4) is 0 Å². The molecule has 0 saturated carbocycles. The Morgan fingerprint density at radius 3 is 2.39 bits per heavy atom. The number of benzene rings is 4. The molecule has 8 nitrogen and oxygen atoms in total. The quantitative estimate of drug-likeness (QED) is 0.252. The van der Waals surface area contributed by atoms with Crippen molar-refractivity contribution in [3.05, 3.63) is 102 Å². The van der Waals surface area contributed by atoms with Crippen molar-refractivity contribution in [3.63, 3.8) is 0 Å². The molecule has 1 fully saturated rings. The zero-order chi connectivity index (χ0) is 28.2. The molecule has 4 aromatic carbocycles. The molecule has 2 amide bonds. The van der Waals surface area contributed by atoms with Crippen molar-refractivity contribution in [1.29, 1.82) is 0 Å². The molecule has 206 valence electrons. The number of nitrogens with zero attached hydrogens (tertiary/aromatic N) is 4. The SMILES string of the molecule is O=C(CSc1nnc(-c2cccc3ccccc23)o1)Nc1ccc(N2CCN(C(=O)c3ccccc3F)CC2)cc1. The third kappa shape index (κ3) is 5.92. The molecule has 5 aromatic rings. The van der Waals surface area contributed by atoms with Crippen molar-refractivity contribution < 1.29 is 18.4 Å². The number of nitrogens with one attached hydrogen (secondary N) is 1. The molecular formula is C31H26FN5O3S. The predicted molar refractivity (Wildman–Crippen MR) is 158 cm³/mol. The van der Waals surface area contributed by atoms with E-state index in [9.17, 15) is 14.0 Å². The molecule has 1 aromatic heterocycles. The highest BCUT2D eigenvalue weighted by Crippen LogP contribution is 2.29. The summed E-state index contributed by atoms with van der Waals surface area (Å²) in [5.41, 5.74) is 2.62. The fraction of sp³-hybridized carbons (Fsp3) is 0.161. The highest BCUT2D eigenvalue weighted by molar-refractivity contribution is 7.99. The molecule has 1 N–H and O–H groups in total. The molecule has 41 heavy (non-hydrogen) atoms. The van der Waals surface area contributed by atoms with Crippen LogP contribution in [0.4, 0.5) is 15.8 Å². The second kappa shape index (κ2) is 11.8. The second-order valence-electron chi connectivity index (χ2n) is 9.54. The van der Waals surface area contributed by atoms with Crippen LogP contribution in [0.1, 0.15) is 10.4 Å². The Hall–Kier alpha value is -4.70. The smallest absolute Gasteiger partial charge is 0.277 e. The molecule has 1 aliphatic rings. The van der Waals surface area contributed by atoms with Crippen molar-refractivity contribution in [3.8, 4) is 11.5 Å². The highest BCUT2D eigenvalue weighted by Gasteiger charge is 2.24. The molecule has 0 atom stereocenters. The molecule has 1 saturated heterocycles. The van der Waals surface area contributed by atoms with Gasteiger partial charge >= 0.3 is 0 Å². The third-order valence-electron chi connectivity index (χ3n) is 6.94. The topological polar surface area (TPSA) is 91.6 Å². The molecule has 1 aliphatic heterocycles. The molecule has 0 bridgehead atoms. The minimum absolute atomic E-state index is 0.101. The van der Waals surface area contributed by atoms with Crippen LogP contribution in [0.2, 0.25) is 0 Å². The monoisotopic (exact) mass is 567 g/mol. The second-order valence-corrected chi connectivity index (χ2v) is 10.5. The van der Waals surface area contributed by atoms with Crippen molar-refractivity contribution >= 4 is 45.7 Å². The standard InChI is InChI=1S/C31H26FN5O3S/c32-27-11-4-3-9-26(27)30(39)37-18-16-36(17-19-37)23-14-12-22(13-15-23)33-28(38)20-41-31-35-34-29(40-31)25-10-5-7-21-6-1-2-8-24(21)25/h1-15H,16-20H2,(H,33,38). The Labute approximate surface area is 240 Å². The maximum Gasteiger partial charge on any atom is 0.277 e. The summed E-state index contributed by atoms with van der Waals surface area (Å²) in [7, 11) is 0. The number of carbonyl (C=O) groups excluding carboxylic acids is 2. The Bertz CT molecular complexity index is 1690. The van der Waals surface area contributed by atoms with Gasteiger partial charge in [-0.25, -0.2) is 4.39 Å². The molecule has 2 heterocycles. The van der Waals surface area contributed by atoms with Crippen LogP contribution in [0, 0.1) is 5.82 Å². The van der Waals surface area contributed by atoms with E-state index in [-0.39, 0.29) is 23.1 Å². The van der Waals surface area contributed by atoms with Gasteiger partial charge in [0.2, 0.25) is 11.8 Å². The van der Waals surface area contributed by atoms with Gasteiger partial charge in [0, 0.05) is 43.1 Å². The fourth-order valence-corrected chi connectivity index (χ4v) is 5.40. The number of hydrogen-bond acceptors (Lipinski definition) is 7. The number of piperazine rings is 1. The largest absolute Gasteiger partial charge is 0.411 e. The van der Waals surface area contributed by atoms with E-state index in [2.05, 4.69) is 20.4 Å². The van der Waals surface area contributed by atoms with E-state index in [4.69, 9.17) is 4.42 Å². The number of fused-ring (bicyclic) bond motifs is 1. The number of amides is 2. The van der Waals surface area contributed by atoms with E-state index in [0.717, 1.165) is 22.0 Å². The molecule has 0 unspecified atom stereocenters. The lowest BCUT2D eigenvalue weighted by molar-refractivity contribution is -0.113. The Kier molecular flexibility index (Phi) is 7.64. The molecular weight excluding hydrogens is 541 g/mol. The lowest BCUT2D eigenvalue weighted by Crippen LogP contribution is -2.49. The maximum absolute atomic E-state index is 14.0. The first-order valence-corrected chi connectivity index (χ1v) is 14.2. The summed E-state index contributed by atoms with van der Waals surface area (Å²) >= 11 is 1.18. The number of aromatic nitrogens is 2. The van der Waals surface area contributed by atoms with Crippen LogP contribution < -0.4 is 10.2 Å². The van der Waals surface area contributed by atoms with Gasteiger partial charge in [-0.1, -0.05) is 60.3 Å². The average Bonchev–Trinajstić information content (AvgIpc) is 3.49. The normalized spacial score (nSPS) is 13.4. The average molecular weight is 568 g/mol. The molecule has 0 aliphatic carbocycles. The van der Waals surface area contributed by atoms with Crippen LogP contribution in [-0.2, 0) is 4.79 Å². The van der Waals surface area contributed by atoms with Crippen LogP contribution in [0.5, 0.6) is 0 Å². The van der Waals surface area contributed by atoms with Crippen LogP contribution >= 0.6 is 11.8 Å². The summed E-state index contributed by atoms with van der Waals surface area (Å²) in [5.74, 6) is -0.440. The van der Waals surface area contributed by atoms with Gasteiger partial charge in [-0.3, -0.25) is 9.59 Å². The summed E-state index contributed by atoms with van der Waals surface area (Å²) in [4.78, 5) is 29.1. The summed E-state index contributed by atoms with van der Waals surface area (Å²) < 4.78 is 19.8. The van der Waals surface area contributed by atoms with Gasteiger partial charge in [0.25, 0.3) is 11.1 Å². The minimum atomic E-state index is -0.501. The maximum atomic E-state index is 14.0. The molecule has 6 rings (SSSR count). The Balaban J connectivity index is 0.997. The summed E-state index contributed by atoms with van der Waals surface area (Å²) in [5, 5.41) is 13.6. The zero-order valence-electron chi connectivity index (χ0n) is 22.0. The van der Waals surface area contributed by atoms with Crippen LogP contribution in [0.25, 0.3) is 22.2 Å². The van der Waals surface area contributed by atoms with Crippen molar-refractivity contribution in [2.75, 3.05) is 42.1 Å². The number of thioether (sulfide) groups is 1. The van der Waals surface area contributed by atoms with E-state index < -0.39 is 5.82 Å². The summed E-state index contributed by atoms with van der Waals surface area (Å²) in [6.07, 6.45) is 0. The van der Waals surface area contributed by atoms with Crippen LogP contribution in [-0.4, -0.2) is 58.8 Å². The van der Waals surface area contributed by atoms with Gasteiger partial charge in [-0.2, -0.15) is 0 Å². The van der Waals surface area contributed by atoms with Crippen molar-refractivity contribution in [2.24, 2.45) is 0 Å². The van der Waals surface area contributed by atoms with Gasteiger partial charge < -0.3 is 19.5 Å². The summed E-state index contributed by atoms with van der Waals surface area (Å²) in [6.45, 7) is 2.27. The predicted octanol–water partition coefficient (Wildman–Crippen LogP) is 5.72. The lowest BCUT2D eigenvalue weighted by Gasteiger charge is -2.36. The Morgan fingerprint density at radius 1 is 0.854 bits per heavy atom. The molecule has 0 spiro atoms. The van der Waals surface area contributed by atoms with E-state index in [1.165, 1.54) is 23.9 Å². The minimum Gasteiger partial charge on any atom is -0.411 e. The first kappa shape index (κ1) is 26.5. The van der Waals surface area contributed by atoms with Gasteiger partial charge in [0.15, 0.2) is 0 Å². The third-order valence-corrected chi connectivity index (χ3v) is 7.76. The molecule has 10 heteroatoms. The lowest BCUT2D eigenvalue weighted by atomic mass is 10.0. The van der Waals surface area contributed by atoms with Gasteiger partial charge in [-0.05, 0) is 53.2 Å². The number of anilines is 2. The molecule has 0 radical (unpaired) electrons. The number of carbonyl (C=O) groups is 2. The zero-order valence-corrected chi connectivity index (χ0v) is 22.8. The van der Waals surface area contributed by atoms with Crippen LogP contribution in [0.15, 0.2) is 101 Å². The number of hydrogen-bond donors (Lipinski definition) is 1. The van der Waals surface area contributed by atoms with E-state index >= 15 is 0 Å². The van der Waals surface area contributed by atoms with Crippen molar-refractivity contribution in [1.82, 2.24) is 15.1 Å².